The second-order valence-corrected chi connectivity index (χ2v) is 8.62. The van der Waals surface area contributed by atoms with Crippen LogP contribution in [0, 0.1) is 39.8 Å². The summed E-state index contributed by atoms with van der Waals surface area (Å²) < 4.78 is 1.92. The van der Waals surface area contributed by atoms with Crippen molar-refractivity contribution in [2.24, 2.45) is 0 Å². The molecule has 0 aliphatic carbocycles. The second kappa shape index (κ2) is 10.9. The quantitative estimate of drug-likeness (QED) is 0.201. The topological polar surface area (TPSA) is 56.0 Å². The van der Waals surface area contributed by atoms with Crippen molar-refractivity contribution in [2.45, 2.75) is 27.7 Å². The fraction of sp³-hybridized carbons (Fsp3) is 0.133. The molecular weight excluding hydrogens is 623 g/mol. The minimum absolute atomic E-state index is 0. The van der Waals surface area contributed by atoms with Gasteiger partial charge in [-0.2, -0.15) is 0 Å². The van der Waals surface area contributed by atoms with Crippen LogP contribution < -0.4 is 0 Å². The van der Waals surface area contributed by atoms with Gasteiger partial charge in [-0.05, 0) is 55.7 Å². The Hall–Kier alpha value is -3.73. The Morgan fingerprint density at radius 1 is 0.750 bits per heavy atom. The fourth-order valence-electron chi connectivity index (χ4n) is 3.75. The number of fused-ring (bicyclic) bond motifs is 2. The maximum Gasteiger partial charge on any atom is 0.224 e. The average molecular weight is 648 g/mol. The van der Waals surface area contributed by atoms with E-state index < -0.39 is 0 Å². The zero-order valence-electron chi connectivity index (χ0n) is 20.6. The van der Waals surface area contributed by atoms with Gasteiger partial charge in [-0.15, -0.1) is 54.1 Å². The van der Waals surface area contributed by atoms with E-state index in [0.717, 1.165) is 33.4 Å². The van der Waals surface area contributed by atoms with E-state index in [9.17, 15) is 0 Å². The van der Waals surface area contributed by atoms with Crippen molar-refractivity contribution < 1.29 is 20.1 Å². The first kappa shape index (κ1) is 25.4. The van der Waals surface area contributed by atoms with E-state index in [4.69, 9.17) is 0 Å². The molecule has 0 N–H and O–H groups in total. The maximum absolute atomic E-state index is 4.65. The first-order valence-electron chi connectivity index (χ1n) is 11.5. The van der Waals surface area contributed by atoms with Crippen LogP contribution in [0.25, 0.3) is 39.2 Å². The smallest absolute Gasteiger partial charge is 0.224 e. The van der Waals surface area contributed by atoms with Gasteiger partial charge in [0.05, 0.1) is 0 Å². The summed E-state index contributed by atoms with van der Waals surface area (Å²) in [5.41, 5.74) is 9.64. The first-order chi connectivity index (χ1) is 17.0. The molecule has 6 aromatic rings. The Morgan fingerprint density at radius 3 is 2.17 bits per heavy atom. The summed E-state index contributed by atoms with van der Waals surface area (Å²) in [6.07, 6.45) is 9.48. The van der Waals surface area contributed by atoms with Crippen molar-refractivity contribution in [2.75, 3.05) is 0 Å². The third-order valence-electron chi connectivity index (χ3n) is 6.13. The van der Waals surface area contributed by atoms with E-state index >= 15 is 0 Å². The minimum Gasteiger partial charge on any atom is -0.304 e. The Balaban J connectivity index is 0.000000178. The largest absolute Gasteiger partial charge is 0.304 e. The van der Waals surface area contributed by atoms with E-state index in [1.807, 2.05) is 65.6 Å². The third-order valence-corrected chi connectivity index (χ3v) is 6.13. The van der Waals surface area contributed by atoms with Crippen LogP contribution >= 0.6 is 0 Å². The van der Waals surface area contributed by atoms with Gasteiger partial charge in [0.25, 0.3) is 0 Å². The predicted octanol–water partition coefficient (Wildman–Crippen LogP) is 6.52. The Kier molecular flexibility index (Phi) is 7.68. The summed E-state index contributed by atoms with van der Waals surface area (Å²) in [4.78, 5) is 17.8. The number of aryl methyl sites for hydroxylation is 4. The molecule has 6 heteroatoms. The second-order valence-electron chi connectivity index (χ2n) is 8.62. The van der Waals surface area contributed by atoms with Crippen LogP contribution in [-0.2, 0) is 20.1 Å². The molecule has 36 heavy (non-hydrogen) atoms. The van der Waals surface area contributed by atoms with Crippen LogP contribution in [0.1, 0.15) is 22.3 Å². The number of hydrogen-bond donors (Lipinski definition) is 0. The van der Waals surface area contributed by atoms with Gasteiger partial charge in [-0.1, -0.05) is 34.2 Å². The molecule has 0 fully saturated rings. The first-order valence-corrected chi connectivity index (χ1v) is 11.5. The Bertz CT molecular complexity index is 1640. The molecule has 0 bridgehead atoms. The normalized spacial score (nSPS) is 10.6. The van der Waals surface area contributed by atoms with Crippen LogP contribution in [0.2, 0.25) is 0 Å². The minimum atomic E-state index is 0. The number of pyridine rings is 2. The van der Waals surface area contributed by atoms with Crippen LogP contribution in [0.4, 0.5) is 0 Å². The molecule has 2 aromatic carbocycles. The molecule has 5 nitrogen and oxygen atoms in total. The van der Waals surface area contributed by atoms with E-state index in [1.165, 1.54) is 22.3 Å². The molecule has 0 amide bonds. The molecule has 0 saturated heterocycles. The molecule has 0 aliphatic heterocycles. The van der Waals surface area contributed by atoms with Crippen molar-refractivity contribution in [3.05, 3.63) is 114 Å². The molecule has 181 valence electrons. The average Bonchev–Trinajstić information content (AvgIpc) is 3.34. The van der Waals surface area contributed by atoms with Gasteiger partial charge in [0.2, 0.25) is 5.78 Å². The third kappa shape index (κ3) is 5.25. The standard InChI is InChI=1S/C17H13N4.C13H12N.Ir/c1-11-8-15(19-9-12(11)2)14-5-3-4-13-10-21-7-6-18-17(21)20-16(13)14;1-10-8-13(14-9-11(10)2)12-6-4-3-5-7-12;/h3-4,6-10H,1-2H3;3-6,8-9H,1-2H3;/q2*-1;. The van der Waals surface area contributed by atoms with Gasteiger partial charge >= 0.3 is 0 Å². The molecule has 6 rings (SSSR count). The number of rotatable bonds is 2. The number of imidazole rings is 1. The van der Waals surface area contributed by atoms with Gasteiger partial charge in [0.15, 0.2) is 0 Å². The van der Waals surface area contributed by atoms with E-state index in [-0.39, 0.29) is 20.1 Å². The summed E-state index contributed by atoms with van der Waals surface area (Å²) >= 11 is 0. The SMILES string of the molecule is Cc1cnc(-c2[c-]ccc3cn4ccnc4nc23)cc1C.Cc1cnc(-c2[c-]cccc2)cc1C.[Ir]. The van der Waals surface area contributed by atoms with Crippen LogP contribution in [0.3, 0.4) is 0 Å². The zero-order chi connectivity index (χ0) is 24.4. The van der Waals surface area contributed by atoms with Crippen LogP contribution in [-0.4, -0.2) is 24.3 Å². The number of hydrogen-bond acceptors (Lipinski definition) is 4. The summed E-state index contributed by atoms with van der Waals surface area (Å²) in [5, 5.41) is 1.05. The van der Waals surface area contributed by atoms with E-state index in [1.54, 1.807) is 6.20 Å². The molecule has 1 radical (unpaired) electrons. The predicted molar refractivity (Wildman–Crippen MR) is 140 cm³/mol. The Labute approximate surface area is 224 Å². The molecule has 4 aromatic heterocycles. The summed E-state index contributed by atoms with van der Waals surface area (Å²) in [6, 6.07) is 22.4. The van der Waals surface area contributed by atoms with Crippen LogP contribution in [0.5, 0.6) is 0 Å². The molecule has 0 saturated carbocycles. The molecule has 0 atom stereocenters. The van der Waals surface area contributed by atoms with Crippen molar-refractivity contribution in [3.8, 4) is 22.5 Å². The molecule has 4 heterocycles. The molecule has 0 unspecified atom stereocenters. The number of benzene rings is 2. The van der Waals surface area contributed by atoms with Gasteiger partial charge in [-0.3, -0.25) is 9.38 Å². The van der Waals surface area contributed by atoms with Gasteiger partial charge in [-0.25, -0.2) is 4.98 Å². The number of aromatic nitrogens is 5. The monoisotopic (exact) mass is 648 g/mol. The molecule has 0 aliphatic rings. The molecular formula is C30H25IrN5-2. The molecule has 0 spiro atoms. The van der Waals surface area contributed by atoms with E-state index in [2.05, 4.69) is 71.9 Å². The van der Waals surface area contributed by atoms with Crippen molar-refractivity contribution in [3.63, 3.8) is 0 Å². The van der Waals surface area contributed by atoms with Crippen molar-refractivity contribution >= 4 is 16.7 Å². The summed E-state index contributed by atoms with van der Waals surface area (Å²) in [6.45, 7) is 8.32. The fourth-order valence-corrected chi connectivity index (χ4v) is 3.75. The maximum atomic E-state index is 4.65. The van der Waals surface area contributed by atoms with Crippen molar-refractivity contribution in [1.29, 1.82) is 0 Å². The van der Waals surface area contributed by atoms with Gasteiger partial charge in [0, 0.05) is 51.1 Å². The number of nitrogens with zero attached hydrogens (tertiary/aromatic N) is 5. The van der Waals surface area contributed by atoms with Gasteiger partial charge in [0.1, 0.15) is 0 Å². The summed E-state index contributed by atoms with van der Waals surface area (Å²) in [7, 11) is 0. The van der Waals surface area contributed by atoms with Gasteiger partial charge < -0.3 is 9.97 Å². The van der Waals surface area contributed by atoms with Crippen LogP contribution in [0.15, 0.2) is 79.5 Å². The Morgan fingerprint density at radius 2 is 1.47 bits per heavy atom. The zero-order valence-corrected chi connectivity index (χ0v) is 23.0. The van der Waals surface area contributed by atoms with Crippen molar-refractivity contribution in [1.82, 2.24) is 24.3 Å². The van der Waals surface area contributed by atoms with E-state index in [0.29, 0.717) is 5.78 Å². The summed E-state index contributed by atoms with van der Waals surface area (Å²) in [5.74, 6) is 0.687.